The van der Waals surface area contributed by atoms with Crippen LogP contribution < -0.4 is 5.32 Å². The van der Waals surface area contributed by atoms with Crippen LogP contribution in [0.1, 0.15) is 15.9 Å². The molecule has 0 fully saturated rings. The molecule has 6 heteroatoms. The Morgan fingerprint density at radius 1 is 1.08 bits per heavy atom. The summed E-state index contributed by atoms with van der Waals surface area (Å²) in [6.45, 7) is 6.45. The van der Waals surface area contributed by atoms with E-state index in [4.69, 9.17) is 0 Å². The average Bonchev–Trinajstić information content (AvgIpc) is 2.53. The quantitative estimate of drug-likeness (QED) is 0.397. The van der Waals surface area contributed by atoms with Crippen molar-refractivity contribution >= 4 is 25.4 Å². The number of hydrogen-bond donors (Lipinski definition) is 1. The number of amides is 1. The molecule has 2 aromatic rings. The zero-order valence-corrected chi connectivity index (χ0v) is 14.8. The van der Waals surface area contributed by atoms with Gasteiger partial charge in [0.2, 0.25) is 0 Å². The summed E-state index contributed by atoms with van der Waals surface area (Å²) in [4.78, 5) is 22.5. The fourth-order valence-corrected chi connectivity index (χ4v) is 2.39. The SMILES string of the molecule is C[Si](C)(C)C#Cc1ccccc1NC(=O)c1ccc([N+](=O)[O-])cc1. The summed E-state index contributed by atoms with van der Waals surface area (Å²) in [5, 5.41) is 13.5. The second-order valence-corrected chi connectivity index (χ2v) is 11.1. The van der Waals surface area contributed by atoms with Crippen LogP contribution in [0.3, 0.4) is 0 Å². The Bertz CT molecular complexity index is 828. The van der Waals surface area contributed by atoms with Crippen LogP contribution in [0.5, 0.6) is 0 Å². The Balaban J connectivity index is 2.23. The van der Waals surface area contributed by atoms with Crippen molar-refractivity contribution in [2.24, 2.45) is 0 Å². The van der Waals surface area contributed by atoms with Crippen LogP contribution in [-0.4, -0.2) is 18.9 Å². The molecule has 5 nitrogen and oxygen atoms in total. The van der Waals surface area contributed by atoms with Gasteiger partial charge in [0.1, 0.15) is 8.07 Å². The standard InChI is InChI=1S/C18H18N2O3Si/c1-24(2,3)13-12-14-6-4-5-7-17(14)19-18(21)15-8-10-16(11-9-15)20(22)23/h4-11H,1-3H3,(H,19,21). The minimum absolute atomic E-state index is 0.0482. The van der Waals surface area contributed by atoms with Gasteiger partial charge in [0.25, 0.3) is 11.6 Å². The van der Waals surface area contributed by atoms with E-state index >= 15 is 0 Å². The van der Waals surface area contributed by atoms with E-state index in [0.29, 0.717) is 11.3 Å². The first-order valence-electron chi connectivity index (χ1n) is 7.44. The number of para-hydroxylation sites is 1. The van der Waals surface area contributed by atoms with E-state index < -0.39 is 13.0 Å². The Morgan fingerprint density at radius 3 is 2.29 bits per heavy atom. The van der Waals surface area contributed by atoms with Gasteiger partial charge in [-0.3, -0.25) is 14.9 Å². The van der Waals surface area contributed by atoms with Crippen LogP contribution in [0.2, 0.25) is 19.6 Å². The average molecular weight is 338 g/mol. The molecule has 0 aliphatic rings. The summed E-state index contributed by atoms with van der Waals surface area (Å²) in [6, 6.07) is 12.8. The minimum atomic E-state index is -1.52. The third-order valence-corrected chi connectivity index (χ3v) is 3.96. The number of non-ortho nitro benzene ring substituents is 1. The van der Waals surface area contributed by atoms with Gasteiger partial charge in [-0.15, -0.1) is 5.54 Å². The maximum absolute atomic E-state index is 12.3. The van der Waals surface area contributed by atoms with Gasteiger partial charge in [-0.25, -0.2) is 0 Å². The summed E-state index contributed by atoms with van der Waals surface area (Å²) in [7, 11) is -1.52. The summed E-state index contributed by atoms with van der Waals surface area (Å²) >= 11 is 0. The van der Waals surface area contributed by atoms with Crippen molar-refractivity contribution in [3.63, 3.8) is 0 Å². The van der Waals surface area contributed by atoms with Crippen LogP contribution in [0.25, 0.3) is 0 Å². The lowest BCUT2D eigenvalue weighted by Crippen LogP contribution is -2.16. The molecule has 0 aliphatic heterocycles. The lowest BCUT2D eigenvalue weighted by molar-refractivity contribution is -0.384. The molecule has 0 radical (unpaired) electrons. The third-order valence-electron chi connectivity index (χ3n) is 3.09. The molecule has 0 aromatic heterocycles. The number of nitro benzene ring substituents is 1. The maximum Gasteiger partial charge on any atom is 0.269 e. The van der Waals surface area contributed by atoms with Crippen LogP contribution >= 0.6 is 0 Å². The Morgan fingerprint density at radius 2 is 1.71 bits per heavy atom. The van der Waals surface area contributed by atoms with Gasteiger partial charge in [0.15, 0.2) is 0 Å². The molecule has 2 rings (SSSR count). The molecule has 2 aromatic carbocycles. The largest absolute Gasteiger partial charge is 0.321 e. The predicted molar refractivity (Wildman–Crippen MR) is 97.7 cm³/mol. The molecular weight excluding hydrogens is 320 g/mol. The fourth-order valence-electron chi connectivity index (χ4n) is 1.88. The molecule has 122 valence electrons. The first-order chi connectivity index (χ1) is 11.3. The number of hydrogen-bond acceptors (Lipinski definition) is 3. The highest BCUT2D eigenvalue weighted by Crippen LogP contribution is 2.17. The topological polar surface area (TPSA) is 72.2 Å². The number of nitrogens with one attached hydrogen (secondary N) is 1. The molecule has 0 saturated carbocycles. The molecule has 0 bridgehead atoms. The molecule has 0 atom stereocenters. The molecule has 0 heterocycles. The monoisotopic (exact) mass is 338 g/mol. The van der Waals surface area contributed by atoms with E-state index in [1.807, 2.05) is 18.2 Å². The van der Waals surface area contributed by atoms with Crippen molar-refractivity contribution < 1.29 is 9.72 Å². The second-order valence-electron chi connectivity index (χ2n) is 6.30. The van der Waals surface area contributed by atoms with E-state index in [-0.39, 0.29) is 11.6 Å². The fraction of sp³-hybridized carbons (Fsp3) is 0.167. The van der Waals surface area contributed by atoms with Crippen molar-refractivity contribution in [2.75, 3.05) is 5.32 Å². The van der Waals surface area contributed by atoms with Crippen LogP contribution in [0.4, 0.5) is 11.4 Å². The van der Waals surface area contributed by atoms with Crippen molar-refractivity contribution in [3.05, 3.63) is 69.8 Å². The highest BCUT2D eigenvalue weighted by molar-refractivity contribution is 6.83. The molecule has 0 aliphatic carbocycles. The van der Waals surface area contributed by atoms with Gasteiger partial charge in [0, 0.05) is 23.3 Å². The lowest BCUT2D eigenvalue weighted by atomic mass is 10.1. The van der Waals surface area contributed by atoms with Gasteiger partial charge in [-0.05, 0) is 24.3 Å². The molecule has 1 amide bonds. The normalized spacial score (nSPS) is 10.5. The Kier molecular flexibility index (Phi) is 5.17. The van der Waals surface area contributed by atoms with E-state index in [1.54, 1.807) is 6.07 Å². The number of carbonyl (C=O) groups is 1. The Labute approximate surface area is 141 Å². The van der Waals surface area contributed by atoms with Gasteiger partial charge in [-0.1, -0.05) is 37.7 Å². The number of carbonyl (C=O) groups excluding carboxylic acids is 1. The highest BCUT2D eigenvalue weighted by atomic mass is 28.3. The van der Waals surface area contributed by atoms with E-state index in [9.17, 15) is 14.9 Å². The highest BCUT2D eigenvalue weighted by Gasteiger charge is 2.12. The summed E-state index contributed by atoms with van der Waals surface area (Å²) in [5.74, 6) is 2.82. The van der Waals surface area contributed by atoms with E-state index in [1.165, 1.54) is 24.3 Å². The zero-order chi connectivity index (χ0) is 17.7. The number of rotatable bonds is 3. The lowest BCUT2D eigenvalue weighted by Gasteiger charge is -2.08. The molecular formula is C18H18N2O3Si. The number of benzene rings is 2. The summed E-state index contributed by atoms with van der Waals surface area (Å²) < 4.78 is 0. The van der Waals surface area contributed by atoms with E-state index in [2.05, 4.69) is 36.4 Å². The van der Waals surface area contributed by atoms with Gasteiger partial charge < -0.3 is 5.32 Å². The number of nitro groups is 1. The first-order valence-corrected chi connectivity index (χ1v) is 10.9. The van der Waals surface area contributed by atoms with Crippen molar-refractivity contribution in [3.8, 4) is 11.5 Å². The number of anilines is 1. The van der Waals surface area contributed by atoms with Gasteiger partial charge >= 0.3 is 0 Å². The summed E-state index contributed by atoms with van der Waals surface area (Å²) in [6.07, 6.45) is 0. The second kappa shape index (κ2) is 7.11. The van der Waals surface area contributed by atoms with Crippen LogP contribution in [0.15, 0.2) is 48.5 Å². The van der Waals surface area contributed by atoms with Crippen LogP contribution in [0, 0.1) is 21.6 Å². The predicted octanol–water partition coefficient (Wildman–Crippen LogP) is 4.08. The van der Waals surface area contributed by atoms with Crippen molar-refractivity contribution in [2.45, 2.75) is 19.6 Å². The van der Waals surface area contributed by atoms with Crippen molar-refractivity contribution in [1.29, 1.82) is 0 Å². The molecule has 0 saturated heterocycles. The Hall–Kier alpha value is -2.91. The first kappa shape index (κ1) is 17.4. The molecule has 0 unspecified atom stereocenters. The zero-order valence-electron chi connectivity index (χ0n) is 13.8. The smallest absolute Gasteiger partial charge is 0.269 e. The third kappa shape index (κ3) is 4.79. The summed E-state index contributed by atoms with van der Waals surface area (Å²) in [5.41, 5.74) is 4.97. The molecule has 24 heavy (non-hydrogen) atoms. The minimum Gasteiger partial charge on any atom is -0.321 e. The van der Waals surface area contributed by atoms with Gasteiger partial charge in [0.05, 0.1) is 10.6 Å². The number of nitrogens with zero attached hydrogens (tertiary/aromatic N) is 1. The molecule has 1 N–H and O–H groups in total. The van der Waals surface area contributed by atoms with Gasteiger partial charge in [-0.2, -0.15) is 0 Å². The maximum atomic E-state index is 12.3. The van der Waals surface area contributed by atoms with Crippen molar-refractivity contribution in [1.82, 2.24) is 0 Å². The van der Waals surface area contributed by atoms with E-state index in [0.717, 1.165) is 5.56 Å². The molecule has 0 spiro atoms. The van der Waals surface area contributed by atoms with Crippen LogP contribution in [-0.2, 0) is 0 Å².